The van der Waals surface area contributed by atoms with E-state index in [4.69, 9.17) is 5.73 Å². The molecule has 1 fully saturated rings. The fourth-order valence-corrected chi connectivity index (χ4v) is 2.81. The summed E-state index contributed by atoms with van der Waals surface area (Å²) in [6.07, 6.45) is 1.07. The Balaban J connectivity index is 2.26. The third-order valence-electron chi connectivity index (χ3n) is 4.07. The van der Waals surface area contributed by atoms with Gasteiger partial charge < -0.3 is 15.5 Å². The lowest BCUT2D eigenvalue weighted by Crippen LogP contribution is -2.52. The van der Waals surface area contributed by atoms with E-state index in [-0.39, 0.29) is 0 Å². The minimum atomic E-state index is 0.550. The van der Waals surface area contributed by atoms with E-state index in [1.807, 2.05) is 0 Å². The lowest BCUT2D eigenvalue weighted by Gasteiger charge is -2.42. The lowest BCUT2D eigenvalue weighted by atomic mass is 10.0. The number of aryl methyl sites for hydroxylation is 1. The highest BCUT2D eigenvalue weighted by molar-refractivity contribution is 5.57. The predicted molar refractivity (Wildman–Crippen MR) is 78.2 cm³/mol. The van der Waals surface area contributed by atoms with Gasteiger partial charge in [0.2, 0.25) is 0 Å². The van der Waals surface area contributed by atoms with Gasteiger partial charge in [-0.25, -0.2) is 0 Å². The van der Waals surface area contributed by atoms with Crippen LogP contribution >= 0.6 is 0 Å². The Kier molecular flexibility index (Phi) is 4.25. The molecule has 1 aromatic carbocycles. The topological polar surface area (TPSA) is 32.5 Å². The normalized spacial score (nSPS) is 21.3. The number of likely N-dealkylation sites (N-methyl/N-ethyl adjacent to an activating group) is 1. The number of benzene rings is 1. The number of hydrogen-bond donors (Lipinski definition) is 1. The van der Waals surface area contributed by atoms with Crippen molar-refractivity contribution >= 4 is 5.69 Å². The molecule has 0 saturated carbocycles. The average Bonchev–Trinajstić information content (AvgIpc) is 2.34. The molecule has 0 radical (unpaired) electrons. The Bertz CT molecular complexity index is 403. The molecular formula is C15H25N3. The fraction of sp³-hybridized carbons (Fsp3) is 0.600. The molecule has 18 heavy (non-hydrogen) atoms. The SMILES string of the molecule is Cc1cccc(N2CCN(C)CC2CCN)c1C. The van der Waals surface area contributed by atoms with Crippen molar-refractivity contribution in [1.82, 2.24) is 4.90 Å². The summed E-state index contributed by atoms with van der Waals surface area (Å²) < 4.78 is 0. The molecule has 2 N–H and O–H groups in total. The van der Waals surface area contributed by atoms with E-state index >= 15 is 0 Å². The molecule has 1 unspecified atom stereocenters. The van der Waals surface area contributed by atoms with Gasteiger partial charge in [0.05, 0.1) is 0 Å². The Labute approximate surface area is 111 Å². The number of nitrogens with zero attached hydrogens (tertiary/aromatic N) is 2. The molecular weight excluding hydrogens is 222 g/mol. The maximum atomic E-state index is 5.77. The maximum absolute atomic E-state index is 5.77. The van der Waals surface area contributed by atoms with Crippen molar-refractivity contribution in [3.63, 3.8) is 0 Å². The summed E-state index contributed by atoms with van der Waals surface area (Å²) >= 11 is 0. The van der Waals surface area contributed by atoms with Crippen LogP contribution in [0.1, 0.15) is 17.5 Å². The van der Waals surface area contributed by atoms with Crippen LogP contribution in [0.5, 0.6) is 0 Å². The first-order valence-corrected chi connectivity index (χ1v) is 6.85. The van der Waals surface area contributed by atoms with Crippen LogP contribution in [-0.2, 0) is 0 Å². The fourth-order valence-electron chi connectivity index (χ4n) is 2.81. The minimum Gasteiger partial charge on any atom is -0.366 e. The number of hydrogen-bond acceptors (Lipinski definition) is 3. The maximum Gasteiger partial charge on any atom is 0.0429 e. The zero-order chi connectivity index (χ0) is 13.1. The van der Waals surface area contributed by atoms with Crippen molar-refractivity contribution in [2.75, 3.05) is 38.1 Å². The van der Waals surface area contributed by atoms with Gasteiger partial charge in [0.1, 0.15) is 0 Å². The molecule has 1 atom stereocenters. The third kappa shape index (κ3) is 2.68. The summed E-state index contributed by atoms with van der Waals surface area (Å²) in [6.45, 7) is 8.53. The third-order valence-corrected chi connectivity index (χ3v) is 4.07. The van der Waals surface area contributed by atoms with Gasteiger partial charge in [-0.15, -0.1) is 0 Å². The molecule has 1 aromatic rings. The summed E-state index contributed by atoms with van der Waals surface area (Å²) in [6, 6.07) is 7.15. The van der Waals surface area contributed by atoms with Gasteiger partial charge in [-0.1, -0.05) is 12.1 Å². The van der Waals surface area contributed by atoms with E-state index in [2.05, 4.69) is 48.9 Å². The zero-order valence-corrected chi connectivity index (χ0v) is 11.8. The molecule has 1 aliphatic heterocycles. The standard InChI is InChI=1S/C15H25N3/c1-12-5-4-6-15(13(12)2)18-10-9-17(3)11-14(18)7-8-16/h4-6,14H,7-11,16H2,1-3H3. The van der Waals surface area contributed by atoms with Crippen LogP contribution < -0.4 is 10.6 Å². The van der Waals surface area contributed by atoms with Crippen molar-refractivity contribution in [1.29, 1.82) is 0 Å². The molecule has 1 saturated heterocycles. The van der Waals surface area contributed by atoms with E-state index in [1.165, 1.54) is 16.8 Å². The largest absolute Gasteiger partial charge is 0.366 e. The zero-order valence-electron chi connectivity index (χ0n) is 11.8. The van der Waals surface area contributed by atoms with E-state index in [9.17, 15) is 0 Å². The summed E-state index contributed by atoms with van der Waals surface area (Å²) in [4.78, 5) is 4.96. The van der Waals surface area contributed by atoms with Gasteiger partial charge in [0, 0.05) is 31.4 Å². The van der Waals surface area contributed by atoms with Crippen LogP contribution in [0.2, 0.25) is 0 Å². The van der Waals surface area contributed by atoms with Crippen LogP contribution in [0.25, 0.3) is 0 Å². The van der Waals surface area contributed by atoms with Crippen molar-refractivity contribution in [2.24, 2.45) is 5.73 Å². The van der Waals surface area contributed by atoms with Gasteiger partial charge in [0.15, 0.2) is 0 Å². The van der Waals surface area contributed by atoms with Crippen LogP contribution in [0.4, 0.5) is 5.69 Å². The van der Waals surface area contributed by atoms with Gasteiger partial charge in [-0.3, -0.25) is 0 Å². The smallest absolute Gasteiger partial charge is 0.0429 e. The van der Waals surface area contributed by atoms with Gasteiger partial charge >= 0.3 is 0 Å². The van der Waals surface area contributed by atoms with Gasteiger partial charge in [-0.05, 0) is 51.1 Å². The van der Waals surface area contributed by atoms with Crippen LogP contribution in [0, 0.1) is 13.8 Å². The molecule has 0 amide bonds. The highest BCUT2D eigenvalue weighted by Crippen LogP contribution is 2.27. The van der Waals surface area contributed by atoms with E-state index in [0.717, 1.165) is 32.6 Å². The highest BCUT2D eigenvalue weighted by atomic mass is 15.3. The van der Waals surface area contributed by atoms with Gasteiger partial charge in [0.25, 0.3) is 0 Å². The molecule has 2 rings (SSSR count). The van der Waals surface area contributed by atoms with Crippen LogP contribution in [0.15, 0.2) is 18.2 Å². The number of anilines is 1. The number of nitrogens with two attached hydrogens (primary N) is 1. The summed E-state index contributed by atoms with van der Waals surface area (Å²) in [5, 5.41) is 0. The Morgan fingerprint density at radius 3 is 2.78 bits per heavy atom. The van der Waals surface area contributed by atoms with E-state index < -0.39 is 0 Å². The molecule has 0 spiro atoms. The first kappa shape index (κ1) is 13.4. The van der Waals surface area contributed by atoms with Crippen molar-refractivity contribution < 1.29 is 0 Å². The molecule has 100 valence electrons. The Morgan fingerprint density at radius 1 is 1.28 bits per heavy atom. The first-order chi connectivity index (χ1) is 8.63. The Hall–Kier alpha value is -1.06. The second-order valence-electron chi connectivity index (χ2n) is 5.41. The monoisotopic (exact) mass is 247 g/mol. The minimum absolute atomic E-state index is 0.550. The number of rotatable bonds is 3. The van der Waals surface area contributed by atoms with Crippen molar-refractivity contribution in [2.45, 2.75) is 26.3 Å². The highest BCUT2D eigenvalue weighted by Gasteiger charge is 2.25. The van der Waals surface area contributed by atoms with Crippen LogP contribution in [0.3, 0.4) is 0 Å². The molecule has 0 aromatic heterocycles. The molecule has 0 aliphatic carbocycles. The molecule has 3 nitrogen and oxygen atoms in total. The summed E-state index contributed by atoms with van der Waals surface area (Å²) in [5.41, 5.74) is 9.94. The lowest BCUT2D eigenvalue weighted by molar-refractivity contribution is 0.261. The van der Waals surface area contributed by atoms with Gasteiger partial charge in [-0.2, -0.15) is 0 Å². The molecule has 0 bridgehead atoms. The summed E-state index contributed by atoms with van der Waals surface area (Å²) in [5.74, 6) is 0. The number of piperazine rings is 1. The van der Waals surface area contributed by atoms with Crippen molar-refractivity contribution in [3.05, 3.63) is 29.3 Å². The second kappa shape index (κ2) is 5.72. The second-order valence-corrected chi connectivity index (χ2v) is 5.41. The van der Waals surface area contributed by atoms with Crippen molar-refractivity contribution in [3.8, 4) is 0 Å². The molecule has 1 heterocycles. The average molecular weight is 247 g/mol. The summed E-state index contributed by atoms with van der Waals surface area (Å²) in [7, 11) is 2.20. The molecule has 1 aliphatic rings. The quantitative estimate of drug-likeness (QED) is 0.883. The first-order valence-electron chi connectivity index (χ1n) is 6.85. The van der Waals surface area contributed by atoms with E-state index in [0.29, 0.717) is 6.04 Å². The predicted octanol–water partition coefficient (Wildman–Crippen LogP) is 1.77. The van der Waals surface area contributed by atoms with E-state index in [1.54, 1.807) is 0 Å². The molecule has 3 heteroatoms. The van der Waals surface area contributed by atoms with Crippen LogP contribution in [-0.4, -0.2) is 44.2 Å². The Morgan fingerprint density at radius 2 is 2.06 bits per heavy atom.